The van der Waals surface area contributed by atoms with Crippen molar-refractivity contribution in [1.29, 1.82) is 0 Å². The SMILES string of the molecule is COc1cccc(/C=C(\NC(=O)c2ccccc2)C(=O)Nc2ccc(SC(C)C(=O)Nc3cccc(Cl)c3C)cc2)c1OC. The van der Waals surface area contributed by atoms with E-state index in [9.17, 15) is 14.4 Å². The third kappa shape index (κ3) is 8.21. The molecule has 4 rings (SSSR count). The lowest BCUT2D eigenvalue weighted by atomic mass is 10.1. The molecule has 4 aromatic rings. The summed E-state index contributed by atoms with van der Waals surface area (Å²) in [6, 6.07) is 26.3. The smallest absolute Gasteiger partial charge is 0.272 e. The minimum atomic E-state index is -0.538. The zero-order valence-electron chi connectivity index (χ0n) is 24.6. The number of carbonyl (C=O) groups is 3. The van der Waals surface area contributed by atoms with Crippen molar-refractivity contribution in [2.24, 2.45) is 0 Å². The maximum atomic E-state index is 13.5. The molecule has 0 heterocycles. The number of anilines is 2. The molecule has 3 amide bonds. The van der Waals surface area contributed by atoms with Gasteiger partial charge in [0, 0.05) is 32.4 Å². The average Bonchev–Trinajstić information content (AvgIpc) is 3.03. The van der Waals surface area contributed by atoms with Crippen LogP contribution in [0.4, 0.5) is 11.4 Å². The van der Waals surface area contributed by atoms with E-state index in [0.717, 1.165) is 10.5 Å². The van der Waals surface area contributed by atoms with E-state index in [0.29, 0.717) is 39.0 Å². The summed E-state index contributed by atoms with van der Waals surface area (Å²) in [4.78, 5) is 40.1. The molecule has 0 aliphatic heterocycles. The number of ether oxygens (including phenoxy) is 2. The van der Waals surface area contributed by atoms with Crippen LogP contribution < -0.4 is 25.4 Å². The fraction of sp³-hybridized carbons (Fsp3) is 0.147. The molecule has 10 heteroatoms. The maximum absolute atomic E-state index is 13.5. The molecule has 8 nitrogen and oxygen atoms in total. The number of carbonyl (C=O) groups excluding carboxylic acids is 3. The molecule has 0 aromatic heterocycles. The van der Waals surface area contributed by atoms with Gasteiger partial charge in [0.05, 0.1) is 19.5 Å². The monoisotopic (exact) mass is 629 g/mol. The molecule has 1 atom stereocenters. The summed E-state index contributed by atoms with van der Waals surface area (Å²) < 4.78 is 10.9. The number of thioether (sulfide) groups is 1. The first-order valence-corrected chi connectivity index (χ1v) is 14.9. The molecule has 0 saturated heterocycles. The Bertz CT molecular complexity index is 1680. The Balaban J connectivity index is 1.49. The highest BCUT2D eigenvalue weighted by atomic mass is 35.5. The van der Waals surface area contributed by atoms with Crippen molar-refractivity contribution in [3.63, 3.8) is 0 Å². The number of benzene rings is 4. The van der Waals surface area contributed by atoms with Crippen molar-refractivity contribution in [3.8, 4) is 11.5 Å². The van der Waals surface area contributed by atoms with E-state index in [2.05, 4.69) is 16.0 Å². The third-order valence-electron chi connectivity index (χ3n) is 6.58. The minimum absolute atomic E-state index is 0.00506. The minimum Gasteiger partial charge on any atom is -0.493 e. The number of halogens is 1. The number of rotatable bonds is 11. The number of hydrogen-bond acceptors (Lipinski definition) is 6. The Morgan fingerprint density at radius 1 is 0.841 bits per heavy atom. The Hall–Kier alpha value is -4.73. The lowest BCUT2D eigenvalue weighted by Gasteiger charge is -2.15. The highest BCUT2D eigenvalue weighted by Crippen LogP contribution is 2.32. The van der Waals surface area contributed by atoms with E-state index >= 15 is 0 Å². The quantitative estimate of drug-likeness (QED) is 0.120. The summed E-state index contributed by atoms with van der Waals surface area (Å²) in [6.45, 7) is 3.67. The molecular weight excluding hydrogens is 598 g/mol. The second-order valence-electron chi connectivity index (χ2n) is 9.60. The van der Waals surface area contributed by atoms with Crippen molar-refractivity contribution in [1.82, 2.24) is 5.32 Å². The van der Waals surface area contributed by atoms with Crippen LogP contribution in [0.5, 0.6) is 11.5 Å². The summed E-state index contributed by atoms with van der Waals surface area (Å²) >= 11 is 7.55. The first-order valence-electron chi connectivity index (χ1n) is 13.6. The summed E-state index contributed by atoms with van der Waals surface area (Å²) in [5, 5.41) is 8.68. The van der Waals surface area contributed by atoms with Gasteiger partial charge in [-0.25, -0.2) is 0 Å². The molecule has 4 aromatic carbocycles. The highest BCUT2D eigenvalue weighted by Gasteiger charge is 2.19. The molecule has 0 aliphatic carbocycles. The molecule has 0 fully saturated rings. The molecule has 0 spiro atoms. The summed E-state index contributed by atoms with van der Waals surface area (Å²) in [5.74, 6) is -0.242. The molecule has 0 bridgehead atoms. The number of nitrogens with one attached hydrogen (secondary N) is 3. The Kier molecular flexibility index (Phi) is 11.1. The summed E-state index contributed by atoms with van der Waals surface area (Å²) in [5.41, 5.74) is 2.92. The average molecular weight is 630 g/mol. The van der Waals surface area contributed by atoms with E-state index in [1.165, 1.54) is 32.1 Å². The molecule has 0 radical (unpaired) electrons. The predicted octanol–water partition coefficient (Wildman–Crippen LogP) is 7.19. The van der Waals surface area contributed by atoms with Gasteiger partial charge < -0.3 is 25.4 Å². The number of methoxy groups -OCH3 is 2. The summed E-state index contributed by atoms with van der Waals surface area (Å²) in [7, 11) is 3.02. The van der Waals surface area contributed by atoms with Gasteiger partial charge in [-0.2, -0.15) is 0 Å². The first-order chi connectivity index (χ1) is 21.2. The standard InChI is InChI=1S/C34H32ClN3O5S/c1-21-27(35)13-9-14-28(21)37-32(39)22(2)44-26-18-16-25(17-19-26)36-34(41)29(38-33(40)23-10-6-5-7-11-23)20-24-12-8-15-30(42-3)31(24)43-4/h5-20,22H,1-4H3,(H,36,41)(H,37,39)(H,38,40)/b29-20-. The lowest BCUT2D eigenvalue weighted by molar-refractivity contribution is -0.115. The lowest BCUT2D eigenvalue weighted by Crippen LogP contribution is -2.30. The molecule has 1 unspecified atom stereocenters. The first kappa shape index (κ1) is 32.2. The fourth-order valence-corrected chi connectivity index (χ4v) is 5.22. The molecule has 44 heavy (non-hydrogen) atoms. The van der Waals surface area contributed by atoms with Crippen LogP contribution in [0.2, 0.25) is 5.02 Å². The molecular formula is C34H32ClN3O5S. The topological polar surface area (TPSA) is 106 Å². The van der Waals surface area contributed by atoms with Crippen LogP contribution in [0, 0.1) is 6.92 Å². The fourth-order valence-electron chi connectivity index (χ4n) is 4.17. The Morgan fingerprint density at radius 2 is 1.55 bits per heavy atom. The van der Waals surface area contributed by atoms with Crippen molar-refractivity contribution >= 4 is 58.5 Å². The number of para-hydroxylation sites is 1. The van der Waals surface area contributed by atoms with Gasteiger partial charge in [0.15, 0.2) is 11.5 Å². The highest BCUT2D eigenvalue weighted by molar-refractivity contribution is 8.00. The molecule has 0 aliphatic rings. The zero-order valence-corrected chi connectivity index (χ0v) is 26.2. The predicted molar refractivity (Wildman–Crippen MR) is 177 cm³/mol. The van der Waals surface area contributed by atoms with Crippen LogP contribution in [-0.2, 0) is 9.59 Å². The maximum Gasteiger partial charge on any atom is 0.272 e. The van der Waals surface area contributed by atoms with Gasteiger partial charge >= 0.3 is 0 Å². The largest absolute Gasteiger partial charge is 0.493 e. The van der Waals surface area contributed by atoms with Crippen LogP contribution in [0.1, 0.15) is 28.4 Å². The van der Waals surface area contributed by atoms with Gasteiger partial charge in [0.1, 0.15) is 5.70 Å². The normalized spacial score (nSPS) is 11.7. The van der Waals surface area contributed by atoms with Crippen molar-refractivity contribution in [3.05, 3.63) is 118 Å². The van der Waals surface area contributed by atoms with Gasteiger partial charge in [-0.15, -0.1) is 11.8 Å². The second-order valence-corrected chi connectivity index (χ2v) is 11.4. The van der Waals surface area contributed by atoms with E-state index in [-0.39, 0.29) is 11.6 Å². The van der Waals surface area contributed by atoms with Crippen LogP contribution in [0.25, 0.3) is 6.08 Å². The molecule has 226 valence electrons. The van der Waals surface area contributed by atoms with Gasteiger partial charge in [-0.3, -0.25) is 14.4 Å². The van der Waals surface area contributed by atoms with Crippen LogP contribution in [-0.4, -0.2) is 37.2 Å². The van der Waals surface area contributed by atoms with Gasteiger partial charge in [0.25, 0.3) is 11.8 Å². The van der Waals surface area contributed by atoms with Crippen LogP contribution in [0.15, 0.2) is 102 Å². The molecule has 3 N–H and O–H groups in total. The Labute approximate surface area is 265 Å². The van der Waals surface area contributed by atoms with Gasteiger partial charge in [-0.05, 0) is 80.1 Å². The van der Waals surface area contributed by atoms with Gasteiger partial charge in [0.2, 0.25) is 5.91 Å². The van der Waals surface area contributed by atoms with Crippen molar-refractivity contribution in [2.75, 3.05) is 24.9 Å². The van der Waals surface area contributed by atoms with Crippen molar-refractivity contribution < 1.29 is 23.9 Å². The summed E-state index contributed by atoms with van der Waals surface area (Å²) in [6.07, 6.45) is 1.53. The third-order valence-corrected chi connectivity index (χ3v) is 8.10. The van der Waals surface area contributed by atoms with Gasteiger partial charge in [-0.1, -0.05) is 48.0 Å². The van der Waals surface area contributed by atoms with E-state index in [4.69, 9.17) is 21.1 Å². The second kappa shape index (κ2) is 15.1. The number of hydrogen-bond donors (Lipinski definition) is 3. The van der Waals surface area contributed by atoms with Crippen molar-refractivity contribution in [2.45, 2.75) is 24.0 Å². The van der Waals surface area contributed by atoms with Crippen LogP contribution in [0.3, 0.4) is 0 Å². The van der Waals surface area contributed by atoms with E-state index in [1.54, 1.807) is 72.8 Å². The van der Waals surface area contributed by atoms with E-state index in [1.807, 2.05) is 32.0 Å². The Morgan fingerprint density at radius 3 is 2.23 bits per heavy atom. The number of amides is 3. The molecule has 0 saturated carbocycles. The van der Waals surface area contributed by atoms with Crippen LogP contribution >= 0.6 is 23.4 Å². The van der Waals surface area contributed by atoms with E-state index < -0.39 is 17.1 Å². The zero-order chi connectivity index (χ0) is 31.6.